The van der Waals surface area contributed by atoms with Crippen molar-refractivity contribution in [2.24, 2.45) is 0 Å². The predicted octanol–water partition coefficient (Wildman–Crippen LogP) is 4.34. The van der Waals surface area contributed by atoms with E-state index in [0.29, 0.717) is 12.8 Å². The fourth-order valence-electron chi connectivity index (χ4n) is 2.00. The maximum Gasteiger partial charge on any atom is 0.305 e. The minimum atomic E-state index is -0.163. The van der Waals surface area contributed by atoms with E-state index < -0.39 is 0 Å². The average molecular weight is 300 g/mol. The number of hydrogen-bond acceptors (Lipinski definition) is 3. The second-order valence-corrected chi connectivity index (χ2v) is 5.09. The minimum Gasteiger partial charge on any atom is -0.469 e. The quantitative estimate of drug-likeness (QED) is 0.279. The van der Waals surface area contributed by atoms with E-state index in [1.54, 1.807) is 12.2 Å². The lowest BCUT2D eigenvalue weighted by Gasteiger charge is -1.99. The first-order chi connectivity index (χ1) is 10.7. The summed E-state index contributed by atoms with van der Waals surface area (Å²) in [6.45, 7) is 0. The number of carbonyl (C=O) groups excluding carboxylic acids is 2. The third-order valence-corrected chi connectivity index (χ3v) is 3.26. The predicted molar refractivity (Wildman–Crippen MR) is 89.3 cm³/mol. The highest BCUT2D eigenvalue weighted by molar-refractivity contribution is 5.89. The molecule has 3 nitrogen and oxygen atoms in total. The largest absolute Gasteiger partial charge is 0.469 e. The summed E-state index contributed by atoms with van der Waals surface area (Å²) in [5.74, 6) is -0.0186. The molecule has 0 aliphatic rings. The Balaban J connectivity index is 2.09. The van der Waals surface area contributed by atoms with Crippen molar-refractivity contribution in [2.75, 3.05) is 7.11 Å². The van der Waals surface area contributed by atoms with Gasteiger partial charge in [-0.05, 0) is 24.5 Å². The second kappa shape index (κ2) is 11.5. The van der Waals surface area contributed by atoms with Gasteiger partial charge in [0.2, 0.25) is 0 Å². The molecule has 0 fully saturated rings. The minimum absolute atomic E-state index is 0.144. The maximum absolute atomic E-state index is 11.6. The summed E-state index contributed by atoms with van der Waals surface area (Å²) in [5.41, 5.74) is 1.12. The molecule has 0 radical (unpaired) electrons. The molecule has 0 aliphatic heterocycles. The van der Waals surface area contributed by atoms with Crippen molar-refractivity contribution < 1.29 is 14.3 Å². The van der Waals surface area contributed by atoms with Crippen LogP contribution in [0.1, 0.15) is 44.1 Å². The summed E-state index contributed by atoms with van der Waals surface area (Å²) in [6, 6.07) is 9.96. The number of ether oxygens (including phenoxy) is 1. The Morgan fingerprint density at radius 2 is 1.64 bits per heavy atom. The van der Waals surface area contributed by atoms with Crippen molar-refractivity contribution in [3.63, 3.8) is 0 Å². The molecule has 0 bridgehead atoms. The Kier molecular flexibility index (Phi) is 9.35. The van der Waals surface area contributed by atoms with Crippen LogP contribution in [0.5, 0.6) is 0 Å². The van der Waals surface area contributed by atoms with E-state index in [2.05, 4.69) is 4.74 Å². The third-order valence-electron chi connectivity index (χ3n) is 3.26. The molecule has 0 N–H and O–H groups in total. The smallest absolute Gasteiger partial charge is 0.305 e. The van der Waals surface area contributed by atoms with Crippen molar-refractivity contribution in [3.05, 3.63) is 54.1 Å². The van der Waals surface area contributed by atoms with Crippen LogP contribution in [0.2, 0.25) is 0 Å². The Labute approximate surface area is 132 Å². The van der Waals surface area contributed by atoms with Crippen molar-refractivity contribution in [2.45, 2.75) is 38.5 Å². The fraction of sp³-hybridized carbons (Fsp3) is 0.368. The Morgan fingerprint density at radius 1 is 0.955 bits per heavy atom. The summed E-state index contributed by atoms with van der Waals surface area (Å²) in [7, 11) is 1.40. The highest BCUT2D eigenvalue weighted by atomic mass is 16.5. The molecule has 1 aromatic rings. The number of unbranched alkanes of at least 4 members (excludes halogenated alkanes) is 3. The second-order valence-electron chi connectivity index (χ2n) is 5.09. The van der Waals surface area contributed by atoms with Crippen LogP contribution in [0.15, 0.2) is 48.6 Å². The Morgan fingerprint density at radius 3 is 2.32 bits per heavy atom. The monoisotopic (exact) mass is 300 g/mol. The highest BCUT2D eigenvalue weighted by Gasteiger charge is 2.00. The standard InChI is InChI=1S/C19H24O3/c1-22-19(21)16-8-3-2-7-14-18(20)15-10-9-13-17-11-5-4-6-12-17/h4-6,9-13,15H,2-3,7-8,14,16H2,1H3/b13-9+,15-10+. The van der Waals surface area contributed by atoms with E-state index >= 15 is 0 Å². The molecule has 1 aromatic carbocycles. The maximum atomic E-state index is 11.6. The molecule has 0 atom stereocenters. The number of hydrogen-bond donors (Lipinski definition) is 0. The summed E-state index contributed by atoms with van der Waals surface area (Å²) in [5, 5.41) is 0. The summed E-state index contributed by atoms with van der Waals surface area (Å²) < 4.78 is 4.57. The van der Waals surface area contributed by atoms with E-state index in [1.165, 1.54) is 7.11 Å². The molecular formula is C19H24O3. The van der Waals surface area contributed by atoms with Crippen LogP contribution in [-0.4, -0.2) is 18.9 Å². The number of ketones is 1. The summed E-state index contributed by atoms with van der Waals surface area (Å²) in [6.07, 6.45) is 11.9. The van der Waals surface area contributed by atoms with Crippen LogP contribution in [0, 0.1) is 0 Å². The van der Waals surface area contributed by atoms with Gasteiger partial charge in [-0.1, -0.05) is 61.4 Å². The van der Waals surface area contributed by atoms with Gasteiger partial charge >= 0.3 is 5.97 Å². The Hall–Kier alpha value is -2.16. The van der Waals surface area contributed by atoms with Gasteiger partial charge in [-0.25, -0.2) is 0 Å². The number of benzene rings is 1. The molecule has 0 aliphatic carbocycles. The highest BCUT2D eigenvalue weighted by Crippen LogP contribution is 2.07. The first-order valence-corrected chi connectivity index (χ1v) is 7.72. The number of allylic oxidation sites excluding steroid dienone is 3. The van der Waals surface area contributed by atoms with E-state index in [9.17, 15) is 9.59 Å². The van der Waals surface area contributed by atoms with Gasteiger partial charge in [-0.2, -0.15) is 0 Å². The molecule has 0 amide bonds. The topological polar surface area (TPSA) is 43.4 Å². The lowest BCUT2D eigenvalue weighted by molar-refractivity contribution is -0.140. The van der Waals surface area contributed by atoms with Gasteiger partial charge in [0.25, 0.3) is 0 Å². The number of rotatable bonds is 10. The molecule has 1 rings (SSSR count). The van der Waals surface area contributed by atoms with Gasteiger partial charge in [0.05, 0.1) is 7.11 Å². The molecule has 22 heavy (non-hydrogen) atoms. The molecule has 0 heterocycles. The first-order valence-electron chi connectivity index (χ1n) is 7.72. The zero-order chi connectivity index (χ0) is 16.0. The van der Waals surface area contributed by atoms with Crippen LogP contribution in [-0.2, 0) is 14.3 Å². The first kappa shape index (κ1) is 17.9. The Bertz CT molecular complexity index is 501. The van der Waals surface area contributed by atoms with Crippen molar-refractivity contribution in [1.82, 2.24) is 0 Å². The molecule has 0 unspecified atom stereocenters. The van der Waals surface area contributed by atoms with Crippen molar-refractivity contribution >= 4 is 17.8 Å². The van der Waals surface area contributed by atoms with Gasteiger partial charge in [-0.3, -0.25) is 9.59 Å². The van der Waals surface area contributed by atoms with Gasteiger partial charge in [0.15, 0.2) is 5.78 Å². The van der Waals surface area contributed by atoms with Crippen LogP contribution >= 0.6 is 0 Å². The average Bonchev–Trinajstić information content (AvgIpc) is 2.55. The van der Waals surface area contributed by atoms with Crippen LogP contribution in [0.3, 0.4) is 0 Å². The van der Waals surface area contributed by atoms with Crippen LogP contribution in [0.4, 0.5) is 0 Å². The van der Waals surface area contributed by atoms with Crippen molar-refractivity contribution in [3.8, 4) is 0 Å². The number of methoxy groups -OCH3 is 1. The molecule has 0 aromatic heterocycles. The summed E-state index contributed by atoms with van der Waals surface area (Å²) >= 11 is 0. The van der Waals surface area contributed by atoms with E-state index in [1.807, 2.05) is 42.5 Å². The van der Waals surface area contributed by atoms with Crippen LogP contribution in [0.25, 0.3) is 6.08 Å². The van der Waals surface area contributed by atoms with E-state index in [0.717, 1.165) is 31.2 Å². The SMILES string of the molecule is COC(=O)CCCCCCC(=O)/C=C/C=C/c1ccccc1. The van der Waals surface area contributed by atoms with Gasteiger partial charge in [0, 0.05) is 12.8 Å². The van der Waals surface area contributed by atoms with Gasteiger partial charge in [-0.15, -0.1) is 0 Å². The van der Waals surface area contributed by atoms with Gasteiger partial charge in [0.1, 0.15) is 0 Å². The molecular weight excluding hydrogens is 276 g/mol. The zero-order valence-corrected chi connectivity index (χ0v) is 13.2. The molecule has 118 valence electrons. The normalized spacial score (nSPS) is 11.1. The van der Waals surface area contributed by atoms with Crippen LogP contribution < -0.4 is 0 Å². The van der Waals surface area contributed by atoms with Gasteiger partial charge < -0.3 is 4.74 Å². The zero-order valence-electron chi connectivity index (χ0n) is 13.2. The summed E-state index contributed by atoms with van der Waals surface area (Å²) in [4.78, 5) is 22.6. The van der Waals surface area contributed by atoms with E-state index in [4.69, 9.17) is 0 Å². The molecule has 0 spiro atoms. The number of esters is 1. The van der Waals surface area contributed by atoms with Crippen molar-refractivity contribution in [1.29, 1.82) is 0 Å². The molecule has 0 saturated heterocycles. The third kappa shape index (κ3) is 8.90. The lowest BCUT2D eigenvalue weighted by Crippen LogP contribution is -1.99. The lowest BCUT2D eigenvalue weighted by atomic mass is 10.1. The molecule has 0 saturated carbocycles. The fourth-order valence-corrected chi connectivity index (χ4v) is 2.00. The van der Waals surface area contributed by atoms with E-state index in [-0.39, 0.29) is 11.8 Å². The molecule has 3 heteroatoms. The number of carbonyl (C=O) groups is 2.